The van der Waals surface area contributed by atoms with Crippen molar-refractivity contribution < 1.29 is 33.5 Å². The molecule has 0 aliphatic heterocycles. The average molecular weight is 611 g/mol. The Morgan fingerprint density at radius 2 is 1.66 bits per heavy atom. The van der Waals surface area contributed by atoms with Gasteiger partial charge in [-0.25, -0.2) is 9.86 Å². The van der Waals surface area contributed by atoms with Crippen LogP contribution in [0, 0.1) is 16.0 Å². The third-order valence-electron chi connectivity index (χ3n) is 7.24. The largest absolute Gasteiger partial charge is 0.382 e. The highest BCUT2D eigenvalue weighted by Crippen LogP contribution is 2.35. The Kier molecular flexibility index (Phi) is 15.2. The van der Waals surface area contributed by atoms with E-state index in [9.17, 15) is 14.9 Å². The van der Waals surface area contributed by atoms with Crippen LogP contribution in [-0.2, 0) is 41.4 Å². The second kappa shape index (κ2) is 19.1. The smallest absolute Gasteiger partial charge is 0.272 e. The fourth-order valence-electron chi connectivity index (χ4n) is 5.02. The Morgan fingerprint density at radius 1 is 0.932 bits per heavy atom. The predicted molar refractivity (Wildman–Crippen MR) is 171 cm³/mol. The highest BCUT2D eigenvalue weighted by atomic mass is 16.7. The molecule has 0 radical (unpaired) electrons. The van der Waals surface area contributed by atoms with E-state index in [1.165, 1.54) is 0 Å². The molecule has 0 aromatic heterocycles. The van der Waals surface area contributed by atoms with Gasteiger partial charge in [0.2, 0.25) is 0 Å². The molecule has 10 nitrogen and oxygen atoms in total. The van der Waals surface area contributed by atoms with Gasteiger partial charge in [-0.3, -0.25) is 15.0 Å². The molecule has 0 saturated heterocycles. The normalized spacial score (nSPS) is 12.5. The molecule has 0 atom stereocenters. The Bertz CT molecular complexity index is 1290. The minimum Gasteiger partial charge on any atom is -0.382 e. The van der Waals surface area contributed by atoms with Gasteiger partial charge in [0.1, 0.15) is 11.6 Å². The van der Waals surface area contributed by atoms with Crippen molar-refractivity contribution in [2.24, 2.45) is 5.92 Å². The van der Waals surface area contributed by atoms with Crippen molar-refractivity contribution >= 4 is 29.0 Å². The van der Waals surface area contributed by atoms with Crippen molar-refractivity contribution in [3.63, 3.8) is 0 Å². The number of nitrogens with zero attached hydrogens (tertiary/aromatic N) is 2. The molecule has 10 heteroatoms. The number of carbonyl (C=O) groups excluding carboxylic acids is 1. The maximum absolute atomic E-state index is 12.1. The van der Waals surface area contributed by atoms with Crippen molar-refractivity contribution in [3.05, 3.63) is 74.5 Å². The molecular formula is C34H46N2O8. The van der Waals surface area contributed by atoms with E-state index in [1.54, 1.807) is 25.3 Å². The number of anilines is 1. The SMILES string of the molecule is COCCOCCCCON(C(=C=O)CCOCCOC)c1ccc2c(c1)CCC(c1ccc([N+](=O)[O-])c(CC(C)C)c1)=C2. The number of nitro groups is 1. The van der Waals surface area contributed by atoms with Crippen molar-refractivity contribution in [2.45, 2.75) is 52.4 Å². The summed E-state index contributed by atoms with van der Waals surface area (Å²) in [6.45, 7) is 7.52. The highest BCUT2D eigenvalue weighted by Gasteiger charge is 2.21. The van der Waals surface area contributed by atoms with Gasteiger partial charge in [0.25, 0.3) is 5.69 Å². The van der Waals surface area contributed by atoms with E-state index in [0.29, 0.717) is 70.7 Å². The van der Waals surface area contributed by atoms with Crippen LogP contribution in [0.25, 0.3) is 11.6 Å². The van der Waals surface area contributed by atoms with Gasteiger partial charge in [0.15, 0.2) is 0 Å². The molecule has 2 aromatic rings. The number of hydroxylamine groups is 1. The van der Waals surface area contributed by atoms with Crippen LogP contribution < -0.4 is 5.06 Å². The van der Waals surface area contributed by atoms with Gasteiger partial charge in [-0.1, -0.05) is 26.0 Å². The summed E-state index contributed by atoms with van der Waals surface area (Å²) in [6, 6.07) is 11.5. The van der Waals surface area contributed by atoms with Gasteiger partial charge in [-0.05, 0) is 84.6 Å². The second-order valence-electron chi connectivity index (χ2n) is 11.1. The minimum absolute atomic E-state index is 0.172. The van der Waals surface area contributed by atoms with E-state index in [-0.39, 0.29) is 10.6 Å². The van der Waals surface area contributed by atoms with Crippen LogP contribution in [0.5, 0.6) is 0 Å². The van der Waals surface area contributed by atoms with Gasteiger partial charge in [0.05, 0.1) is 50.3 Å². The number of nitro benzene ring substituents is 1. The number of rotatable bonds is 21. The van der Waals surface area contributed by atoms with E-state index >= 15 is 0 Å². The van der Waals surface area contributed by atoms with Crippen LogP contribution in [0.4, 0.5) is 11.4 Å². The number of hydrogen-bond acceptors (Lipinski definition) is 9. The van der Waals surface area contributed by atoms with Crippen molar-refractivity contribution in [2.75, 3.05) is 65.5 Å². The molecular weight excluding hydrogens is 564 g/mol. The van der Waals surface area contributed by atoms with Crippen molar-refractivity contribution in [3.8, 4) is 0 Å². The monoisotopic (exact) mass is 610 g/mol. The molecule has 44 heavy (non-hydrogen) atoms. The summed E-state index contributed by atoms with van der Waals surface area (Å²) < 4.78 is 21.2. The first-order valence-corrected chi connectivity index (χ1v) is 15.3. The molecule has 0 saturated carbocycles. The Hall–Kier alpha value is -3.37. The quantitative estimate of drug-likeness (QED) is 0.0703. The molecule has 0 fully saturated rings. The summed E-state index contributed by atoms with van der Waals surface area (Å²) in [7, 11) is 3.26. The fourth-order valence-corrected chi connectivity index (χ4v) is 5.02. The molecule has 0 N–H and O–H groups in total. The molecule has 2 aromatic carbocycles. The minimum atomic E-state index is -0.300. The van der Waals surface area contributed by atoms with E-state index < -0.39 is 0 Å². The number of ether oxygens (including phenoxy) is 4. The summed E-state index contributed by atoms with van der Waals surface area (Å²) in [5, 5.41) is 13.2. The van der Waals surface area contributed by atoms with E-state index in [4.69, 9.17) is 23.8 Å². The summed E-state index contributed by atoms with van der Waals surface area (Å²) in [4.78, 5) is 29.5. The van der Waals surface area contributed by atoms with Crippen LogP contribution in [0.1, 0.15) is 61.8 Å². The lowest BCUT2D eigenvalue weighted by molar-refractivity contribution is -0.385. The zero-order chi connectivity index (χ0) is 31.7. The molecule has 0 spiro atoms. The highest BCUT2D eigenvalue weighted by molar-refractivity contribution is 5.85. The van der Waals surface area contributed by atoms with Gasteiger partial charge < -0.3 is 18.9 Å². The third kappa shape index (κ3) is 11.0. The maximum atomic E-state index is 12.1. The van der Waals surface area contributed by atoms with E-state index in [1.807, 2.05) is 24.3 Å². The first kappa shape index (κ1) is 35.1. The number of benzene rings is 2. The summed E-state index contributed by atoms with van der Waals surface area (Å²) in [6.07, 6.45) is 6.30. The first-order chi connectivity index (χ1) is 21.4. The number of fused-ring (bicyclic) bond motifs is 1. The molecule has 1 aliphatic rings. The third-order valence-corrected chi connectivity index (χ3v) is 7.24. The van der Waals surface area contributed by atoms with Crippen LogP contribution in [-0.4, -0.2) is 71.3 Å². The number of unbranched alkanes of at least 4 members (excludes halogenated alkanes) is 1. The second-order valence-corrected chi connectivity index (χ2v) is 11.1. The molecule has 0 heterocycles. The van der Waals surface area contributed by atoms with Crippen LogP contribution in [0.3, 0.4) is 0 Å². The lowest BCUT2D eigenvalue weighted by Gasteiger charge is -2.26. The van der Waals surface area contributed by atoms with Crippen LogP contribution in [0.2, 0.25) is 0 Å². The van der Waals surface area contributed by atoms with E-state index in [0.717, 1.165) is 59.2 Å². The molecule has 0 unspecified atom stereocenters. The number of allylic oxidation sites excluding steroid dienone is 1. The zero-order valence-corrected chi connectivity index (χ0v) is 26.5. The van der Waals surface area contributed by atoms with Crippen molar-refractivity contribution in [1.29, 1.82) is 0 Å². The number of hydrogen-bond donors (Lipinski definition) is 0. The fraction of sp³-hybridized carbons (Fsp3) is 0.529. The first-order valence-electron chi connectivity index (χ1n) is 15.3. The van der Waals surface area contributed by atoms with Gasteiger partial charge in [0, 0.05) is 38.9 Å². The van der Waals surface area contributed by atoms with E-state index in [2.05, 4.69) is 31.9 Å². The standard InChI is InChI=1S/C34H46N2O8/c1-26(2)21-31-23-29(10-12-34(31)36(38)39)27-7-8-30-24-32(11-9-28(30)22-27)35(33(25-37)13-16-43-20-18-41-4)44-15-6-5-14-42-19-17-40-3/h9-12,22-24,26H,5-8,13-21H2,1-4H3. The molecule has 3 rings (SSSR count). The Morgan fingerprint density at radius 3 is 2.34 bits per heavy atom. The van der Waals surface area contributed by atoms with Gasteiger partial charge >= 0.3 is 0 Å². The predicted octanol–water partition coefficient (Wildman–Crippen LogP) is 6.23. The van der Waals surface area contributed by atoms with Crippen LogP contribution >= 0.6 is 0 Å². The van der Waals surface area contributed by atoms with Crippen LogP contribution in [0.15, 0.2) is 42.1 Å². The summed E-state index contributed by atoms with van der Waals surface area (Å²) >= 11 is 0. The van der Waals surface area contributed by atoms with Gasteiger partial charge in [-0.2, -0.15) is 0 Å². The van der Waals surface area contributed by atoms with Gasteiger partial charge in [-0.15, -0.1) is 0 Å². The number of aryl methyl sites for hydroxylation is 1. The lowest BCUT2D eigenvalue weighted by Crippen LogP contribution is -2.25. The summed E-state index contributed by atoms with van der Waals surface area (Å²) in [5.74, 6) is 2.37. The molecule has 240 valence electrons. The van der Waals surface area contributed by atoms with Crippen molar-refractivity contribution in [1.82, 2.24) is 0 Å². The zero-order valence-electron chi connectivity index (χ0n) is 26.5. The topological polar surface area (TPSA) is 110 Å². The maximum Gasteiger partial charge on any atom is 0.272 e. The Labute approximate surface area is 260 Å². The lowest BCUT2D eigenvalue weighted by atomic mass is 9.87. The average Bonchev–Trinajstić information content (AvgIpc) is 3.01. The number of methoxy groups -OCH3 is 2. The molecule has 1 aliphatic carbocycles. The Balaban J connectivity index is 1.78. The molecule has 0 bridgehead atoms. The summed E-state index contributed by atoms with van der Waals surface area (Å²) in [5.41, 5.74) is 6.41. The molecule has 0 amide bonds.